The SMILES string of the molecule is CCN(CC)CCCNS(=O)(=O)CCO. The molecule has 0 aliphatic heterocycles. The van der Waals surface area contributed by atoms with Crippen LogP contribution in [0.2, 0.25) is 0 Å². The van der Waals surface area contributed by atoms with Gasteiger partial charge in [-0.3, -0.25) is 0 Å². The van der Waals surface area contributed by atoms with Crippen LogP contribution in [-0.4, -0.2) is 57.0 Å². The average Bonchev–Trinajstić information content (AvgIpc) is 2.18. The van der Waals surface area contributed by atoms with Crippen LogP contribution in [0.25, 0.3) is 0 Å². The number of aliphatic hydroxyl groups excluding tert-OH is 1. The van der Waals surface area contributed by atoms with Crippen LogP contribution in [0.4, 0.5) is 0 Å². The molecule has 0 radical (unpaired) electrons. The van der Waals surface area contributed by atoms with Crippen LogP contribution >= 0.6 is 0 Å². The van der Waals surface area contributed by atoms with Crippen LogP contribution in [0, 0.1) is 0 Å². The first-order valence-electron chi connectivity index (χ1n) is 5.36. The first-order chi connectivity index (χ1) is 7.05. The van der Waals surface area contributed by atoms with Gasteiger partial charge in [0, 0.05) is 6.54 Å². The lowest BCUT2D eigenvalue weighted by Crippen LogP contribution is -2.31. The molecule has 0 aliphatic carbocycles. The summed E-state index contributed by atoms with van der Waals surface area (Å²) in [6.45, 7) is 7.15. The number of hydrogen-bond donors (Lipinski definition) is 2. The molecule has 2 N–H and O–H groups in total. The van der Waals surface area contributed by atoms with E-state index in [0.29, 0.717) is 6.54 Å². The van der Waals surface area contributed by atoms with Crippen molar-refractivity contribution in [2.75, 3.05) is 38.5 Å². The van der Waals surface area contributed by atoms with Crippen molar-refractivity contribution in [3.05, 3.63) is 0 Å². The van der Waals surface area contributed by atoms with Crippen molar-refractivity contribution >= 4 is 10.0 Å². The maximum Gasteiger partial charge on any atom is 0.213 e. The van der Waals surface area contributed by atoms with E-state index in [1.165, 1.54) is 0 Å². The third-order valence-corrected chi connectivity index (χ3v) is 3.59. The van der Waals surface area contributed by atoms with Gasteiger partial charge in [0.05, 0.1) is 12.4 Å². The molecule has 0 heterocycles. The van der Waals surface area contributed by atoms with Crippen molar-refractivity contribution in [1.82, 2.24) is 9.62 Å². The fraction of sp³-hybridized carbons (Fsp3) is 1.00. The van der Waals surface area contributed by atoms with Gasteiger partial charge in [0.15, 0.2) is 0 Å². The van der Waals surface area contributed by atoms with E-state index in [2.05, 4.69) is 23.5 Å². The number of nitrogens with one attached hydrogen (secondary N) is 1. The summed E-state index contributed by atoms with van der Waals surface area (Å²) >= 11 is 0. The first-order valence-corrected chi connectivity index (χ1v) is 7.01. The Morgan fingerprint density at radius 1 is 1.27 bits per heavy atom. The number of nitrogens with zero attached hydrogens (tertiary/aromatic N) is 1. The smallest absolute Gasteiger partial charge is 0.213 e. The van der Waals surface area contributed by atoms with Crippen LogP contribution in [-0.2, 0) is 10.0 Å². The summed E-state index contributed by atoms with van der Waals surface area (Å²) in [6, 6.07) is 0. The van der Waals surface area contributed by atoms with Gasteiger partial charge in [-0.1, -0.05) is 13.8 Å². The van der Waals surface area contributed by atoms with Gasteiger partial charge in [0.1, 0.15) is 0 Å². The molecule has 0 aromatic heterocycles. The van der Waals surface area contributed by atoms with Crippen LogP contribution in [0.5, 0.6) is 0 Å². The molecule has 0 unspecified atom stereocenters. The van der Waals surface area contributed by atoms with Crippen LogP contribution in [0.3, 0.4) is 0 Å². The molecule has 0 spiro atoms. The van der Waals surface area contributed by atoms with E-state index in [4.69, 9.17) is 5.11 Å². The predicted octanol–water partition coefficient (Wildman–Crippen LogP) is -0.370. The molecule has 5 nitrogen and oxygen atoms in total. The number of hydrogen-bond acceptors (Lipinski definition) is 4. The van der Waals surface area contributed by atoms with Crippen molar-refractivity contribution in [3.8, 4) is 0 Å². The van der Waals surface area contributed by atoms with E-state index in [-0.39, 0.29) is 12.4 Å². The van der Waals surface area contributed by atoms with Gasteiger partial charge in [0.25, 0.3) is 0 Å². The summed E-state index contributed by atoms with van der Waals surface area (Å²) < 4.78 is 24.7. The maximum atomic E-state index is 11.1. The second kappa shape index (κ2) is 8.04. The summed E-state index contributed by atoms with van der Waals surface area (Å²) in [5.41, 5.74) is 0. The Morgan fingerprint density at radius 2 is 1.87 bits per heavy atom. The van der Waals surface area contributed by atoms with E-state index >= 15 is 0 Å². The van der Waals surface area contributed by atoms with Crippen molar-refractivity contribution in [2.45, 2.75) is 20.3 Å². The van der Waals surface area contributed by atoms with E-state index in [9.17, 15) is 8.42 Å². The summed E-state index contributed by atoms with van der Waals surface area (Å²) in [6.07, 6.45) is 0.798. The van der Waals surface area contributed by atoms with Crippen LogP contribution in [0.15, 0.2) is 0 Å². The quantitative estimate of drug-likeness (QED) is 0.538. The Balaban J connectivity index is 3.62. The van der Waals surface area contributed by atoms with Crippen LogP contribution < -0.4 is 4.72 Å². The van der Waals surface area contributed by atoms with Gasteiger partial charge >= 0.3 is 0 Å². The van der Waals surface area contributed by atoms with Crippen molar-refractivity contribution in [2.24, 2.45) is 0 Å². The molecule has 0 fully saturated rings. The minimum Gasteiger partial charge on any atom is -0.395 e. The molecule has 0 aromatic rings. The lowest BCUT2D eigenvalue weighted by Gasteiger charge is -2.17. The third-order valence-electron chi connectivity index (χ3n) is 2.23. The zero-order valence-electron chi connectivity index (χ0n) is 9.57. The predicted molar refractivity (Wildman–Crippen MR) is 61.3 cm³/mol. The largest absolute Gasteiger partial charge is 0.395 e. The molecular formula is C9H22N2O3S. The van der Waals surface area contributed by atoms with Gasteiger partial charge in [0.2, 0.25) is 10.0 Å². The van der Waals surface area contributed by atoms with E-state index in [0.717, 1.165) is 26.1 Å². The second-order valence-corrected chi connectivity index (χ2v) is 5.24. The highest BCUT2D eigenvalue weighted by Gasteiger charge is 2.07. The fourth-order valence-corrected chi connectivity index (χ4v) is 2.10. The molecule has 0 amide bonds. The Bertz CT molecular complexity index is 238. The summed E-state index contributed by atoms with van der Waals surface area (Å²) in [7, 11) is -3.26. The number of sulfonamides is 1. The Morgan fingerprint density at radius 3 is 2.33 bits per heavy atom. The normalized spacial score (nSPS) is 12.3. The third kappa shape index (κ3) is 7.72. The number of rotatable bonds is 9. The Kier molecular flexibility index (Phi) is 7.95. The first kappa shape index (κ1) is 14.8. The van der Waals surface area contributed by atoms with E-state index < -0.39 is 10.0 Å². The standard InChI is InChI=1S/C9H22N2O3S/c1-3-11(4-2)7-5-6-10-15(13,14)9-8-12/h10,12H,3-9H2,1-2H3. The molecule has 0 aliphatic rings. The van der Waals surface area contributed by atoms with Gasteiger partial charge in [-0.05, 0) is 26.1 Å². The minimum atomic E-state index is -3.26. The second-order valence-electron chi connectivity index (χ2n) is 3.32. The average molecular weight is 238 g/mol. The van der Waals surface area contributed by atoms with E-state index in [1.807, 2.05) is 0 Å². The molecular weight excluding hydrogens is 216 g/mol. The molecule has 0 saturated heterocycles. The van der Waals surface area contributed by atoms with Gasteiger partial charge < -0.3 is 10.0 Å². The molecule has 92 valence electrons. The molecule has 0 rings (SSSR count). The molecule has 6 heteroatoms. The molecule has 0 saturated carbocycles. The maximum absolute atomic E-state index is 11.1. The summed E-state index contributed by atoms with van der Waals surface area (Å²) in [5.74, 6) is -0.210. The van der Waals surface area contributed by atoms with Gasteiger partial charge in [-0.2, -0.15) is 0 Å². The monoisotopic (exact) mass is 238 g/mol. The zero-order valence-corrected chi connectivity index (χ0v) is 10.4. The molecule has 0 aromatic carbocycles. The van der Waals surface area contributed by atoms with Gasteiger partial charge in [-0.15, -0.1) is 0 Å². The highest BCUT2D eigenvalue weighted by atomic mass is 32.2. The topological polar surface area (TPSA) is 69.6 Å². The Labute approximate surface area is 92.5 Å². The molecule has 0 bridgehead atoms. The van der Waals surface area contributed by atoms with Crippen molar-refractivity contribution in [1.29, 1.82) is 0 Å². The zero-order chi connectivity index (χ0) is 11.7. The van der Waals surface area contributed by atoms with Gasteiger partial charge in [-0.25, -0.2) is 13.1 Å². The summed E-state index contributed by atoms with van der Waals surface area (Å²) in [4.78, 5) is 2.24. The lowest BCUT2D eigenvalue weighted by atomic mass is 10.4. The Hall–Kier alpha value is -0.170. The van der Waals surface area contributed by atoms with Crippen molar-refractivity contribution < 1.29 is 13.5 Å². The van der Waals surface area contributed by atoms with E-state index in [1.54, 1.807) is 0 Å². The lowest BCUT2D eigenvalue weighted by molar-refractivity contribution is 0.300. The minimum absolute atomic E-state index is 0.210. The van der Waals surface area contributed by atoms with Crippen LogP contribution in [0.1, 0.15) is 20.3 Å². The number of aliphatic hydroxyl groups is 1. The highest BCUT2D eigenvalue weighted by Crippen LogP contribution is 1.90. The molecule has 0 atom stereocenters. The fourth-order valence-electron chi connectivity index (χ4n) is 1.26. The molecule has 15 heavy (non-hydrogen) atoms. The highest BCUT2D eigenvalue weighted by molar-refractivity contribution is 7.89. The van der Waals surface area contributed by atoms with Crippen molar-refractivity contribution in [3.63, 3.8) is 0 Å². The summed E-state index contributed by atoms with van der Waals surface area (Å²) in [5, 5.41) is 8.50.